The highest BCUT2D eigenvalue weighted by Gasteiger charge is 2.24. The highest BCUT2D eigenvalue weighted by Crippen LogP contribution is 2.15. The highest BCUT2D eigenvalue weighted by molar-refractivity contribution is 6.77. The van der Waals surface area contributed by atoms with Crippen molar-refractivity contribution in [2.75, 3.05) is 6.54 Å². The van der Waals surface area contributed by atoms with E-state index in [1.54, 1.807) is 0 Å². The lowest BCUT2D eigenvalue weighted by molar-refractivity contribution is 0.909. The molecule has 0 heterocycles. The first-order valence-electron chi connectivity index (χ1n) is 4.49. The van der Waals surface area contributed by atoms with E-state index in [0.29, 0.717) is 0 Å². The average molecular weight is 159 g/mol. The average Bonchev–Trinajstić information content (AvgIpc) is 2.01. The molecule has 0 spiro atoms. The van der Waals surface area contributed by atoms with Crippen LogP contribution in [0, 0.1) is 0 Å². The lowest BCUT2D eigenvalue weighted by atomic mass is 10.8. The Hall–Kier alpha value is 0.177. The molecule has 0 atom stereocenters. The molecule has 0 bridgehead atoms. The van der Waals surface area contributed by atoms with Crippen LogP contribution in [-0.4, -0.2) is 14.8 Å². The van der Waals surface area contributed by atoms with E-state index in [0.717, 1.165) is 6.54 Å². The van der Waals surface area contributed by atoms with Gasteiger partial charge in [-0.05, 0) is 24.7 Å². The summed E-state index contributed by atoms with van der Waals surface area (Å²) >= 11 is 0. The van der Waals surface area contributed by atoms with Gasteiger partial charge < -0.3 is 4.98 Å². The van der Waals surface area contributed by atoms with Crippen LogP contribution in [-0.2, 0) is 0 Å². The standard InChI is InChI=1S/C8H21NSi/c1-5-9-10(6-2,7-3)8-4/h9H,5-8H2,1-4H3. The second-order valence-corrected chi connectivity index (χ2v) is 7.91. The van der Waals surface area contributed by atoms with Crippen LogP contribution in [0.5, 0.6) is 0 Å². The lowest BCUT2D eigenvalue weighted by Gasteiger charge is -2.28. The first-order valence-corrected chi connectivity index (χ1v) is 7.11. The number of hydrogen-bond acceptors (Lipinski definition) is 1. The minimum atomic E-state index is -0.967. The third-order valence-corrected chi connectivity index (χ3v) is 7.75. The van der Waals surface area contributed by atoms with Crippen molar-refractivity contribution in [3.63, 3.8) is 0 Å². The molecule has 0 aliphatic heterocycles. The Morgan fingerprint density at radius 3 is 1.40 bits per heavy atom. The smallest absolute Gasteiger partial charge is 0.124 e. The third kappa shape index (κ3) is 2.43. The van der Waals surface area contributed by atoms with Crippen LogP contribution in [0.3, 0.4) is 0 Å². The number of hydrogen-bond donors (Lipinski definition) is 1. The molecule has 1 N–H and O–H groups in total. The molecule has 0 rings (SSSR count). The number of rotatable bonds is 5. The summed E-state index contributed by atoms with van der Waals surface area (Å²) in [6.45, 7) is 10.3. The van der Waals surface area contributed by atoms with Crippen molar-refractivity contribution < 1.29 is 0 Å². The predicted octanol–water partition coefficient (Wildman–Crippen LogP) is 2.60. The van der Waals surface area contributed by atoms with E-state index in [9.17, 15) is 0 Å². The molecular formula is C8H21NSi. The van der Waals surface area contributed by atoms with Gasteiger partial charge in [-0.15, -0.1) is 0 Å². The fourth-order valence-electron chi connectivity index (χ4n) is 1.50. The molecule has 0 aromatic heterocycles. The van der Waals surface area contributed by atoms with Gasteiger partial charge in [-0.1, -0.05) is 27.7 Å². The Morgan fingerprint density at radius 1 is 0.900 bits per heavy atom. The van der Waals surface area contributed by atoms with Crippen LogP contribution in [0.4, 0.5) is 0 Å². The normalized spacial score (nSPS) is 12.0. The monoisotopic (exact) mass is 159 g/mol. The first kappa shape index (κ1) is 10.2. The van der Waals surface area contributed by atoms with E-state index in [1.165, 1.54) is 18.1 Å². The summed E-state index contributed by atoms with van der Waals surface area (Å²) in [6.07, 6.45) is 0. The molecule has 2 heteroatoms. The Morgan fingerprint density at radius 2 is 1.30 bits per heavy atom. The van der Waals surface area contributed by atoms with Gasteiger partial charge in [0, 0.05) is 0 Å². The van der Waals surface area contributed by atoms with Gasteiger partial charge in [0.25, 0.3) is 0 Å². The van der Waals surface area contributed by atoms with Gasteiger partial charge in [-0.3, -0.25) is 0 Å². The first-order chi connectivity index (χ1) is 4.74. The molecule has 0 aliphatic carbocycles. The van der Waals surface area contributed by atoms with Gasteiger partial charge in [-0.25, -0.2) is 0 Å². The van der Waals surface area contributed by atoms with E-state index in [4.69, 9.17) is 0 Å². The third-order valence-electron chi connectivity index (χ3n) is 2.58. The minimum absolute atomic E-state index is 0.967. The topological polar surface area (TPSA) is 12.0 Å². The molecule has 1 nitrogen and oxygen atoms in total. The van der Waals surface area contributed by atoms with Crippen molar-refractivity contribution in [2.24, 2.45) is 0 Å². The fraction of sp³-hybridized carbons (Fsp3) is 1.00. The molecule has 0 saturated carbocycles. The van der Waals surface area contributed by atoms with Gasteiger partial charge >= 0.3 is 0 Å². The zero-order chi connectivity index (χ0) is 8.04. The van der Waals surface area contributed by atoms with Crippen LogP contribution in [0.15, 0.2) is 0 Å². The molecular weight excluding hydrogens is 138 g/mol. The minimum Gasteiger partial charge on any atom is -0.337 e. The summed E-state index contributed by atoms with van der Waals surface area (Å²) in [7, 11) is -0.967. The maximum absolute atomic E-state index is 3.68. The largest absolute Gasteiger partial charge is 0.337 e. The Bertz CT molecular complexity index is 71.1. The van der Waals surface area contributed by atoms with Crippen molar-refractivity contribution >= 4 is 8.24 Å². The van der Waals surface area contributed by atoms with Crippen LogP contribution in [0.2, 0.25) is 18.1 Å². The second kappa shape index (κ2) is 4.91. The SMILES string of the molecule is CCN[Si](CC)(CC)CC. The van der Waals surface area contributed by atoms with Gasteiger partial charge in [0.1, 0.15) is 8.24 Å². The molecule has 0 radical (unpaired) electrons. The zero-order valence-corrected chi connectivity index (χ0v) is 8.83. The quantitative estimate of drug-likeness (QED) is 0.608. The molecule has 0 aliphatic rings. The van der Waals surface area contributed by atoms with E-state index >= 15 is 0 Å². The summed E-state index contributed by atoms with van der Waals surface area (Å²) in [6, 6.07) is 4.15. The summed E-state index contributed by atoms with van der Waals surface area (Å²) in [4.78, 5) is 3.68. The van der Waals surface area contributed by atoms with Crippen molar-refractivity contribution in [2.45, 2.75) is 45.8 Å². The van der Waals surface area contributed by atoms with Crippen LogP contribution in [0.25, 0.3) is 0 Å². The van der Waals surface area contributed by atoms with Crippen molar-refractivity contribution in [3.8, 4) is 0 Å². The van der Waals surface area contributed by atoms with E-state index in [-0.39, 0.29) is 0 Å². The maximum atomic E-state index is 3.68. The molecule has 10 heavy (non-hydrogen) atoms. The summed E-state index contributed by atoms with van der Waals surface area (Å²) in [5.41, 5.74) is 0. The lowest BCUT2D eigenvalue weighted by Crippen LogP contribution is -2.48. The molecule has 0 aromatic carbocycles. The van der Waals surface area contributed by atoms with Gasteiger partial charge in [0.2, 0.25) is 0 Å². The molecule has 0 aromatic rings. The van der Waals surface area contributed by atoms with E-state index in [1.807, 2.05) is 0 Å². The Balaban J connectivity index is 3.87. The van der Waals surface area contributed by atoms with E-state index in [2.05, 4.69) is 32.7 Å². The van der Waals surface area contributed by atoms with Gasteiger partial charge in [0.05, 0.1) is 0 Å². The zero-order valence-electron chi connectivity index (χ0n) is 7.83. The molecule has 0 saturated heterocycles. The Labute approximate surface area is 66.3 Å². The van der Waals surface area contributed by atoms with Crippen molar-refractivity contribution in [1.82, 2.24) is 4.98 Å². The fourth-order valence-corrected chi connectivity index (χ4v) is 4.50. The number of nitrogens with one attached hydrogen (secondary N) is 1. The molecule has 62 valence electrons. The summed E-state index contributed by atoms with van der Waals surface area (Å²) < 4.78 is 0. The predicted molar refractivity (Wildman–Crippen MR) is 50.9 cm³/mol. The molecule has 0 fully saturated rings. The van der Waals surface area contributed by atoms with Crippen LogP contribution < -0.4 is 4.98 Å². The molecule has 0 unspecified atom stereocenters. The van der Waals surface area contributed by atoms with Crippen molar-refractivity contribution in [1.29, 1.82) is 0 Å². The van der Waals surface area contributed by atoms with Crippen LogP contribution >= 0.6 is 0 Å². The van der Waals surface area contributed by atoms with Crippen molar-refractivity contribution in [3.05, 3.63) is 0 Å². The second-order valence-electron chi connectivity index (χ2n) is 2.87. The Kier molecular flexibility index (Phi) is 5.00. The highest BCUT2D eigenvalue weighted by atomic mass is 28.3. The summed E-state index contributed by atoms with van der Waals surface area (Å²) in [5, 5.41) is 0. The van der Waals surface area contributed by atoms with Gasteiger partial charge in [0.15, 0.2) is 0 Å². The van der Waals surface area contributed by atoms with Gasteiger partial charge in [-0.2, -0.15) is 0 Å². The molecule has 0 amide bonds. The van der Waals surface area contributed by atoms with E-state index < -0.39 is 8.24 Å². The maximum Gasteiger partial charge on any atom is 0.124 e. The van der Waals surface area contributed by atoms with Crippen LogP contribution in [0.1, 0.15) is 27.7 Å². The summed E-state index contributed by atoms with van der Waals surface area (Å²) in [5.74, 6) is 0.